The summed E-state index contributed by atoms with van der Waals surface area (Å²) in [7, 11) is 0. The van der Waals surface area contributed by atoms with Crippen LogP contribution in [0.2, 0.25) is 0 Å². The number of hydrogen-bond acceptors (Lipinski definition) is 4. The molecule has 0 saturated carbocycles. The van der Waals surface area contributed by atoms with Crippen molar-refractivity contribution in [2.24, 2.45) is 0 Å². The zero-order chi connectivity index (χ0) is 10.3. The fourth-order valence-electron chi connectivity index (χ4n) is 1.06. The number of carboxylic acid groups (broad SMARTS) is 1. The molecule has 2 rings (SSSR count). The molecule has 0 aliphatic carbocycles. The predicted molar refractivity (Wildman–Crippen MR) is 50.0 cm³/mol. The van der Waals surface area contributed by atoms with Crippen molar-refractivity contribution in [2.45, 2.75) is 6.92 Å². The van der Waals surface area contributed by atoms with Crippen LogP contribution in [0.5, 0.6) is 0 Å². The molecule has 14 heavy (non-hydrogen) atoms. The van der Waals surface area contributed by atoms with Gasteiger partial charge in [-0.3, -0.25) is 9.20 Å². The van der Waals surface area contributed by atoms with E-state index >= 15 is 0 Å². The van der Waals surface area contributed by atoms with Gasteiger partial charge < -0.3 is 5.11 Å². The number of carbonyl (C=O) groups excluding carboxylic acids is 1. The van der Waals surface area contributed by atoms with Gasteiger partial charge in [-0.2, -0.15) is 0 Å². The van der Waals surface area contributed by atoms with Crippen molar-refractivity contribution in [3.8, 4) is 0 Å². The summed E-state index contributed by atoms with van der Waals surface area (Å²) in [5.74, 6) is -1.11. The summed E-state index contributed by atoms with van der Waals surface area (Å²) in [5.41, 5.74) is -0.00801. The van der Waals surface area contributed by atoms with E-state index in [0.717, 1.165) is 0 Å². The number of aromatic carboxylic acids is 1. The number of imidazole rings is 1. The van der Waals surface area contributed by atoms with Gasteiger partial charge in [0.15, 0.2) is 16.4 Å². The summed E-state index contributed by atoms with van der Waals surface area (Å²) in [6.07, 6.45) is 2.97. The highest BCUT2D eigenvalue weighted by Crippen LogP contribution is 2.18. The van der Waals surface area contributed by atoms with E-state index in [1.807, 2.05) is 0 Å². The largest absolute Gasteiger partial charge is 0.476 e. The molecule has 0 saturated heterocycles. The number of hydrogen-bond donors (Lipinski definition) is 1. The minimum Gasteiger partial charge on any atom is -0.476 e. The lowest BCUT2D eigenvalue weighted by Gasteiger charge is -1.83. The highest BCUT2D eigenvalue weighted by Gasteiger charge is 2.12. The summed E-state index contributed by atoms with van der Waals surface area (Å²) in [5, 5.41) is 8.64. The van der Waals surface area contributed by atoms with Gasteiger partial charge in [0.25, 0.3) is 0 Å². The second-order valence-corrected chi connectivity index (χ2v) is 3.78. The molecule has 1 N–H and O–H groups in total. The maximum Gasteiger partial charge on any atom is 0.356 e. The van der Waals surface area contributed by atoms with Crippen molar-refractivity contribution in [2.75, 3.05) is 0 Å². The van der Waals surface area contributed by atoms with Gasteiger partial charge in [0.2, 0.25) is 0 Å². The van der Waals surface area contributed by atoms with Crippen molar-refractivity contribution in [1.82, 2.24) is 9.38 Å². The Morgan fingerprint density at radius 3 is 2.71 bits per heavy atom. The monoisotopic (exact) mass is 210 g/mol. The number of fused-ring (bicyclic) bond motifs is 1. The zero-order valence-corrected chi connectivity index (χ0v) is 8.04. The molecule has 0 aromatic carbocycles. The van der Waals surface area contributed by atoms with Crippen LogP contribution >= 0.6 is 11.3 Å². The Hall–Kier alpha value is -1.69. The lowest BCUT2D eigenvalue weighted by atomic mass is 10.4. The average molecular weight is 210 g/mol. The molecule has 2 aromatic heterocycles. The van der Waals surface area contributed by atoms with Crippen LogP contribution in [0.15, 0.2) is 12.4 Å². The molecule has 0 spiro atoms. The minimum absolute atomic E-state index is 0.00801. The molecule has 5 nitrogen and oxygen atoms in total. The molecule has 2 aromatic rings. The van der Waals surface area contributed by atoms with Gasteiger partial charge in [0, 0.05) is 19.3 Å². The van der Waals surface area contributed by atoms with E-state index in [4.69, 9.17) is 5.11 Å². The molecule has 6 heteroatoms. The Morgan fingerprint density at radius 2 is 2.21 bits per heavy atom. The summed E-state index contributed by atoms with van der Waals surface area (Å²) in [6, 6.07) is 0. The maximum absolute atomic E-state index is 11.0. The molecule has 0 atom stereocenters. The Balaban J connectivity index is 2.56. The second kappa shape index (κ2) is 2.91. The topological polar surface area (TPSA) is 71.7 Å². The highest BCUT2D eigenvalue weighted by atomic mass is 32.1. The van der Waals surface area contributed by atoms with E-state index in [1.54, 1.807) is 10.6 Å². The molecule has 0 bridgehead atoms. The smallest absolute Gasteiger partial charge is 0.356 e. The number of thiazole rings is 1. The van der Waals surface area contributed by atoms with Gasteiger partial charge >= 0.3 is 5.97 Å². The van der Waals surface area contributed by atoms with Crippen LogP contribution in [0.3, 0.4) is 0 Å². The van der Waals surface area contributed by atoms with Crippen molar-refractivity contribution < 1.29 is 14.7 Å². The number of rotatable bonds is 2. The SMILES string of the molecule is CC(=O)c1cn2cc(C(=O)O)nc2s1. The fourth-order valence-corrected chi connectivity index (χ4v) is 1.92. The van der Waals surface area contributed by atoms with E-state index in [-0.39, 0.29) is 11.5 Å². The normalized spacial score (nSPS) is 10.6. The molecule has 0 fully saturated rings. The van der Waals surface area contributed by atoms with Gasteiger partial charge in [-0.25, -0.2) is 9.78 Å². The van der Waals surface area contributed by atoms with Crippen molar-refractivity contribution in [3.05, 3.63) is 23.0 Å². The molecule has 2 heterocycles. The van der Waals surface area contributed by atoms with Gasteiger partial charge in [0.05, 0.1) is 4.88 Å². The average Bonchev–Trinajstić information content (AvgIpc) is 2.57. The first kappa shape index (κ1) is 8.89. The quantitative estimate of drug-likeness (QED) is 0.758. The molecule has 0 amide bonds. The standard InChI is InChI=1S/C8H6N2O3S/c1-4(11)6-3-10-2-5(7(12)13)9-8(10)14-6/h2-3H,1H3,(H,12,13). The van der Waals surface area contributed by atoms with E-state index in [2.05, 4.69) is 4.98 Å². The van der Waals surface area contributed by atoms with Crippen LogP contribution in [-0.2, 0) is 0 Å². The van der Waals surface area contributed by atoms with Gasteiger partial charge in [-0.1, -0.05) is 11.3 Å². The number of aromatic nitrogens is 2. The zero-order valence-electron chi connectivity index (χ0n) is 7.22. The van der Waals surface area contributed by atoms with Crippen LogP contribution in [0.25, 0.3) is 4.96 Å². The first-order valence-corrected chi connectivity index (χ1v) is 4.62. The Labute approximate surface area is 82.6 Å². The first-order chi connectivity index (χ1) is 6.58. The maximum atomic E-state index is 11.0. The van der Waals surface area contributed by atoms with Gasteiger partial charge in [0.1, 0.15) is 0 Å². The third-order valence-electron chi connectivity index (χ3n) is 1.72. The highest BCUT2D eigenvalue weighted by molar-refractivity contribution is 7.18. The Bertz CT molecular complexity index is 451. The summed E-state index contributed by atoms with van der Waals surface area (Å²) >= 11 is 1.18. The minimum atomic E-state index is -1.06. The van der Waals surface area contributed by atoms with Crippen LogP contribution in [0.1, 0.15) is 27.1 Å². The number of carbonyl (C=O) groups is 2. The third-order valence-corrected chi connectivity index (χ3v) is 2.82. The molecule has 0 radical (unpaired) electrons. The molecule has 0 unspecified atom stereocenters. The van der Waals surface area contributed by atoms with Crippen LogP contribution in [0, 0.1) is 0 Å². The molecular formula is C8H6N2O3S. The van der Waals surface area contributed by atoms with Gasteiger partial charge in [-0.15, -0.1) is 0 Å². The van der Waals surface area contributed by atoms with Crippen LogP contribution < -0.4 is 0 Å². The van der Waals surface area contributed by atoms with Crippen molar-refractivity contribution in [3.63, 3.8) is 0 Å². The second-order valence-electron chi connectivity index (χ2n) is 2.77. The number of nitrogens with zero attached hydrogens (tertiary/aromatic N) is 2. The summed E-state index contributed by atoms with van der Waals surface area (Å²) in [6.45, 7) is 1.46. The van der Waals surface area contributed by atoms with E-state index in [9.17, 15) is 9.59 Å². The first-order valence-electron chi connectivity index (χ1n) is 3.80. The Kier molecular flexibility index (Phi) is 1.85. The van der Waals surface area contributed by atoms with Crippen molar-refractivity contribution >= 4 is 28.1 Å². The molecular weight excluding hydrogens is 204 g/mol. The number of carboxylic acids is 1. The predicted octanol–water partition coefficient (Wildman–Crippen LogP) is 1.30. The molecule has 72 valence electrons. The third kappa shape index (κ3) is 1.29. The van der Waals surface area contributed by atoms with E-state index < -0.39 is 5.97 Å². The summed E-state index contributed by atoms with van der Waals surface area (Å²) in [4.78, 5) is 26.5. The lowest BCUT2D eigenvalue weighted by molar-refractivity contribution is 0.0691. The number of Topliss-reactive ketones (excluding diaryl/α,β-unsaturated/α-hetero) is 1. The molecule has 0 aliphatic heterocycles. The molecule has 0 aliphatic rings. The number of ketones is 1. The van der Waals surface area contributed by atoms with Crippen LogP contribution in [-0.4, -0.2) is 26.2 Å². The van der Waals surface area contributed by atoms with E-state index in [0.29, 0.717) is 9.84 Å². The van der Waals surface area contributed by atoms with Crippen molar-refractivity contribution in [1.29, 1.82) is 0 Å². The summed E-state index contributed by atoms with van der Waals surface area (Å²) < 4.78 is 1.55. The lowest BCUT2D eigenvalue weighted by Crippen LogP contribution is -1.95. The Morgan fingerprint density at radius 1 is 1.50 bits per heavy atom. The van der Waals surface area contributed by atoms with Gasteiger partial charge in [-0.05, 0) is 0 Å². The van der Waals surface area contributed by atoms with E-state index in [1.165, 1.54) is 24.5 Å². The van der Waals surface area contributed by atoms with Crippen LogP contribution in [0.4, 0.5) is 0 Å². The fraction of sp³-hybridized carbons (Fsp3) is 0.125.